The summed E-state index contributed by atoms with van der Waals surface area (Å²) in [4.78, 5) is 12.4. The predicted molar refractivity (Wildman–Crippen MR) is 94.3 cm³/mol. The molecular formula is C16H25N3O5S. The summed E-state index contributed by atoms with van der Waals surface area (Å²) >= 11 is 0. The zero-order valence-electron chi connectivity index (χ0n) is 14.7. The van der Waals surface area contributed by atoms with E-state index in [1.165, 1.54) is 26.2 Å². The second-order valence-corrected chi connectivity index (χ2v) is 8.01. The Bertz CT molecular complexity index is 700. The molecule has 2 rings (SSSR count). The van der Waals surface area contributed by atoms with Crippen molar-refractivity contribution >= 4 is 21.6 Å². The van der Waals surface area contributed by atoms with Gasteiger partial charge in [0, 0.05) is 33.1 Å². The molecule has 0 aromatic heterocycles. The van der Waals surface area contributed by atoms with E-state index >= 15 is 0 Å². The Morgan fingerprint density at radius 1 is 1.44 bits per heavy atom. The van der Waals surface area contributed by atoms with Gasteiger partial charge in [0.25, 0.3) is 0 Å². The highest BCUT2D eigenvalue weighted by atomic mass is 32.2. The minimum Gasteiger partial charge on any atom is -0.492 e. The minimum atomic E-state index is -3.60. The number of hydrogen-bond acceptors (Lipinski definition) is 6. The van der Waals surface area contributed by atoms with Gasteiger partial charge in [-0.15, -0.1) is 0 Å². The molecule has 9 heteroatoms. The Balaban J connectivity index is 2.19. The molecule has 1 atom stereocenters. The van der Waals surface area contributed by atoms with Gasteiger partial charge in [-0.25, -0.2) is 12.7 Å². The van der Waals surface area contributed by atoms with Crippen LogP contribution < -0.4 is 15.4 Å². The maximum Gasteiger partial charge on any atom is 0.242 e. The van der Waals surface area contributed by atoms with E-state index in [9.17, 15) is 13.2 Å². The van der Waals surface area contributed by atoms with Crippen molar-refractivity contribution in [2.24, 2.45) is 0 Å². The van der Waals surface area contributed by atoms with Gasteiger partial charge in [0.15, 0.2) is 0 Å². The van der Waals surface area contributed by atoms with E-state index in [4.69, 9.17) is 9.47 Å². The lowest BCUT2D eigenvalue weighted by Crippen LogP contribution is -2.43. The molecule has 8 nitrogen and oxygen atoms in total. The predicted octanol–water partition coefficient (Wildman–Crippen LogP) is 0.653. The first-order chi connectivity index (χ1) is 11.8. The smallest absolute Gasteiger partial charge is 0.242 e. The average Bonchev–Trinajstić information content (AvgIpc) is 2.57. The molecule has 1 heterocycles. The number of carbonyl (C=O) groups excluding carboxylic acids is 1. The summed E-state index contributed by atoms with van der Waals surface area (Å²) < 4.78 is 36.6. The molecule has 1 amide bonds. The van der Waals surface area contributed by atoms with Crippen molar-refractivity contribution < 1.29 is 22.7 Å². The maximum atomic E-state index is 12.3. The monoisotopic (exact) mass is 371 g/mol. The Morgan fingerprint density at radius 3 is 2.80 bits per heavy atom. The van der Waals surface area contributed by atoms with Gasteiger partial charge in [-0.2, -0.15) is 0 Å². The van der Waals surface area contributed by atoms with Crippen molar-refractivity contribution in [1.29, 1.82) is 0 Å². The van der Waals surface area contributed by atoms with E-state index in [-0.39, 0.29) is 23.3 Å². The summed E-state index contributed by atoms with van der Waals surface area (Å²) in [5, 5.41) is 5.96. The van der Waals surface area contributed by atoms with E-state index in [1.54, 1.807) is 6.07 Å². The number of nitrogens with one attached hydrogen (secondary N) is 2. The molecule has 1 aliphatic rings. The molecular weight excluding hydrogens is 346 g/mol. The fourth-order valence-electron chi connectivity index (χ4n) is 2.44. The fourth-order valence-corrected chi connectivity index (χ4v) is 3.36. The summed E-state index contributed by atoms with van der Waals surface area (Å²) in [6, 6.07) is 4.38. The SMILES string of the molecule is CCOc1ccc(S(=O)(=O)N(C)C)cc1NC(=O)CC1COCCN1. The van der Waals surface area contributed by atoms with Crippen LogP contribution in [-0.4, -0.2) is 65.1 Å². The van der Waals surface area contributed by atoms with Gasteiger partial charge in [-0.05, 0) is 25.1 Å². The van der Waals surface area contributed by atoms with E-state index in [2.05, 4.69) is 10.6 Å². The molecule has 1 aliphatic heterocycles. The molecule has 25 heavy (non-hydrogen) atoms. The lowest BCUT2D eigenvalue weighted by Gasteiger charge is -2.23. The van der Waals surface area contributed by atoms with Gasteiger partial charge in [-0.3, -0.25) is 4.79 Å². The van der Waals surface area contributed by atoms with Gasteiger partial charge >= 0.3 is 0 Å². The molecule has 2 N–H and O–H groups in total. The summed E-state index contributed by atoms with van der Waals surface area (Å²) in [7, 11) is -0.686. The van der Waals surface area contributed by atoms with Gasteiger partial charge in [0.05, 0.1) is 30.4 Å². The van der Waals surface area contributed by atoms with Crippen molar-refractivity contribution in [2.75, 3.05) is 45.8 Å². The van der Waals surface area contributed by atoms with Crippen molar-refractivity contribution in [3.05, 3.63) is 18.2 Å². The van der Waals surface area contributed by atoms with Crippen LogP contribution in [0.5, 0.6) is 5.75 Å². The summed E-state index contributed by atoms with van der Waals surface area (Å²) in [6.07, 6.45) is 0.232. The molecule has 1 fully saturated rings. The Hall–Kier alpha value is -1.68. The molecule has 140 valence electrons. The van der Waals surface area contributed by atoms with Crippen LogP contribution in [0.2, 0.25) is 0 Å². The first-order valence-electron chi connectivity index (χ1n) is 8.15. The Labute approximate surface area is 148 Å². The van der Waals surface area contributed by atoms with Gasteiger partial charge in [-0.1, -0.05) is 0 Å². The summed E-state index contributed by atoms with van der Waals surface area (Å²) in [5.74, 6) is 0.199. The fraction of sp³-hybridized carbons (Fsp3) is 0.562. The second-order valence-electron chi connectivity index (χ2n) is 5.86. The van der Waals surface area contributed by atoms with Crippen LogP contribution in [0.25, 0.3) is 0 Å². The van der Waals surface area contributed by atoms with Crippen molar-refractivity contribution in [1.82, 2.24) is 9.62 Å². The lowest BCUT2D eigenvalue weighted by atomic mass is 10.2. The highest BCUT2D eigenvalue weighted by molar-refractivity contribution is 7.89. The molecule has 1 aromatic carbocycles. The number of morpholine rings is 1. The first-order valence-corrected chi connectivity index (χ1v) is 9.59. The summed E-state index contributed by atoms with van der Waals surface area (Å²) in [5.41, 5.74) is 0.339. The van der Waals surface area contributed by atoms with E-state index in [0.29, 0.717) is 37.8 Å². The van der Waals surface area contributed by atoms with Gasteiger partial charge in [0.1, 0.15) is 5.75 Å². The molecule has 0 aliphatic carbocycles. The Kier molecular flexibility index (Phi) is 6.77. The number of amides is 1. The topological polar surface area (TPSA) is 97.0 Å². The van der Waals surface area contributed by atoms with E-state index in [1.807, 2.05) is 6.92 Å². The van der Waals surface area contributed by atoms with E-state index in [0.717, 1.165) is 4.31 Å². The largest absolute Gasteiger partial charge is 0.492 e. The molecule has 1 saturated heterocycles. The number of nitrogens with zero attached hydrogens (tertiary/aromatic N) is 1. The number of anilines is 1. The third kappa shape index (κ3) is 5.15. The molecule has 0 radical (unpaired) electrons. The normalized spacial score (nSPS) is 18.2. The third-order valence-electron chi connectivity index (χ3n) is 3.73. The zero-order valence-corrected chi connectivity index (χ0v) is 15.6. The minimum absolute atomic E-state index is 0.0574. The number of benzene rings is 1. The number of ether oxygens (including phenoxy) is 2. The van der Waals surface area contributed by atoms with Gasteiger partial charge in [0.2, 0.25) is 15.9 Å². The van der Waals surface area contributed by atoms with Crippen LogP contribution in [0, 0.1) is 0 Å². The quantitative estimate of drug-likeness (QED) is 0.731. The standard InChI is InChI=1S/C16H25N3O5S/c1-4-24-15-6-5-13(25(21,22)19(2)3)10-14(15)18-16(20)9-12-11-23-8-7-17-12/h5-6,10,12,17H,4,7-9,11H2,1-3H3,(H,18,20). The number of carbonyl (C=O) groups is 1. The van der Waals surface area contributed by atoms with Crippen molar-refractivity contribution in [3.8, 4) is 5.75 Å². The molecule has 1 unspecified atom stereocenters. The molecule has 0 saturated carbocycles. The van der Waals surface area contributed by atoms with E-state index < -0.39 is 10.0 Å². The highest BCUT2D eigenvalue weighted by Crippen LogP contribution is 2.29. The van der Waals surface area contributed by atoms with Crippen LogP contribution in [-0.2, 0) is 19.6 Å². The van der Waals surface area contributed by atoms with Crippen molar-refractivity contribution in [3.63, 3.8) is 0 Å². The van der Waals surface area contributed by atoms with Crippen LogP contribution in [0.3, 0.4) is 0 Å². The number of rotatable bonds is 7. The summed E-state index contributed by atoms with van der Waals surface area (Å²) in [6.45, 7) is 4.04. The zero-order chi connectivity index (χ0) is 18.4. The molecule has 0 bridgehead atoms. The number of sulfonamides is 1. The second kappa shape index (κ2) is 8.61. The lowest BCUT2D eigenvalue weighted by molar-refractivity contribution is -0.117. The van der Waals surface area contributed by atoms with Crippen LogP contribution >= 0.6 is 0 Å². The molecule has 0 spiro atoms. The van der Waals surface area contributed by atoms with Gasteiger partial charge < -0.3 is 20.1 Å². The van der Waals surface area contributed by atoms with Crippen LogP contribution in [0.4, 0.5) is 5.69 Å². The van der Waals surface area contributed by atoms with Crippen molar-refractivity contribution in [2.45, 2.75) is 24.3 Å². The number of hydrogen-bond donors (Lipinski definition) is 2. The average molecular weight is 371 g/mol. The van der Waals surface area contributed by atoms with Crippen LogP contribution in [0.15, 0.2) is 23.1 Å². The Morgan fingerprint density at radius 2 is 2.20 bits per heavy atom. The maximum absolute atomic E-state index is 12.3. The third-order valence-corrected chi connectivity index (χ3v) is 5.54. The highest BCUT2D eigenvalue weighted by Gasteiger charge is 2.21. The first kappa shape index (κ1) is 19.6. The van der Waals surface area contributed by atoms with Crippen LogP contribution in [0.1, 0.15) is 13.3 Å². The molecule has 1 aromatic rings.